The Balaban J connectivity index is 1.51. The first-order chi connectivity index (χ1) is 22.1. The van der Waals surface area contributed by atoms with E-state index in [1.807, 2.05) is 119 Å². The minimum atomic E-state index is -0.607. The normalized spacial score (nSPS) is 13.5. The molecule has 2 heterocycles. The maximum absolute atomic E-state index is 12.6. The summed E-state index contributed by atoms with van der Waals surface area (Å²) in [5, 5.41) is 5.95. The van der Waals surface area contributed by atoms with Crippen molar-refractivity contribution >= 4 is 34.3 Å². The molecule has 4 N–H and O–H groups in total. The number of ether oxygens (including phenoxy) is 2. The minimum absolute atomic E-state index is 0.324. The molecule has 254 valence electrons. The summed E-state index contributed by atoms with van der Waals surface area (Å²) in [5.74, 6) is 13.4. The van der Waals surface area contributed by atoms with Crippen molar-refractivity contribution in [2.45, 2.75) is 106 Å². The second-order valence-electron chi connectivity index (χ2n) is 16.1. The molecule has 4 rings (SSSR count). The van der Waals surface area contributed by atoms with Crippen LogP contribution in [-0.4, -0.2) is 43.3 Å². The molecule has 0 aliphatic heterocycles. The number of carbonyl (C=O) groups excluding carboxylic acids is 2. The highest BCUT2D eigenvalue weighted by Crippen LogP contribution is 2.34. The monoisotopic (exact) mass is 652 g/mol. The third-order valence-corrected chi connectivity index (χ3v) is 7.08. The molecule has 48 heavy (non-hydrogen) atoms. The summed E-state index contributed by atoms with van der Waals surface area (Å²) in [6, 6.07) is 10.6. The molecule has 0 aliphatic rings. The first-order valence-corrected chi connectivity index (χ1v) is 16.1. The molecule has 0 aliphatic carbocycles. The van der Waals surface area contributed by atoms with Gasteiger partial charge in [-0.2, -0.15) is 0 Å². The molecule has 2 aromatic carbocycles. The summed E-state index contributed by atoms with van der Waals surface area (Å²) >= 11 is 0. The van der Waals surface area contributed by atoms with Crippen LogP contribution in [0.15, 0.2) is 36.4 Å². The number of amides is 2. The van der Waals surface area contributed by atoms with Gasteiger partial charge in [0.15, 0.2) is 0 Å². The van der Waals surface area contributed by atoms with Gasteiger partial charge in [0.1, 0.15) is 22.9 Å². The highest BCUT2D eigenvalue weighted by Gasteiger charge is 2.33. The third kappa shape index (κ3) is 9.78. The second-order valence-corrected chi connectivity index (χ2v) is 16.1. The van der Waals surface area contributed by atoms with E-state index in [0.29, 0.717) is 11.6 Å². The summed E-state index contributed by atoms with van der Waals surface area (Å²) < 4.78 is 11.0. The highest BCUT2D eigenvalue weighted by molar-refractivity contribution is 5.78. The maximum Gasteiger partial charge on any atom is 0.408 e. The van der Waals surface area contributed by atoms with Crippen molar-refractivity contribution in [2.24, 2.45) is 10.8 Å². The van der Waals surface area contributed by atoms with Crippen LogP contribution in [0, 0.1) is 34.5 Å². The molecule has 10 nitrogen and oxygen atoms in total. The molecule has 0 spiro atoms. The SMILES string of the molecule is CC(C)(C)OC(=O)NC(c1nc2ccc(C#CC#Cc3ccc4nc([C@@H](NC(=O)OC(C)(C)C)C(C)(C)C)[nH]c4c3)cc2[nH]1)C(C)(C)C. The van der Waals surface area contributed by atoms with Crippen LogP contribution >= 0.6 is 0 Å². The van der Waals surface area contributed by atoms with Gasteiger partial charge < -0.3 is 30.1 Å². The van der Waals surface area contributed by atoms with E-state index in [-0.39, 0.29) is 10.8 Å². The van der Waals surface area contributed by atoms with Crippen molar-refractivity contribution in [2.75, 3.05) is 0 Å². The largest absolute Gasteiger partial charge is 0.444 e. The Morgan fingerprint density at radius 2 is 0.979 bits per heavy atom. The van der Waals surface area contributed by atoms with Crippen LogP contribution in [0.1, 0.15) is 118 Å². The number of hydrogen-bond donors (Lipinski definition) is 4. The van der Waals surface area contributed by atoms with Crippen molar-refractivity contribution in [3.8, 4) is 23.7 Å². The van der Waals surface area contributed by atoms with E-state index in [2.05, 4.69) is 44.3 Å². The van der Waals surface area contributed by atoms with Gasteiger partial charge in [-0.05, 0) is 101 Å². The van der Waals surface area contributed by atoms with E-state index in [1.165, 1.54) is 0 Å². The van der Waals surface area contributed by atoms with Crippen LogP contribution in [0.2, 0.25) is 0 Å². The topological polar surface area (TPSA) is 134 Å². The van der Waals surface area contributed by atoms with Gasteiger partial charge in [0.05, 0.1) is 34.2 Å². The van der Waals surface area contributed by atoms with Gasteiger partial charge in [0, 0.05) is 11.1 Å². The summed E-state index contributed by atoms with van der Waals surface area (Å²) in [6.07, 6.45) is -0.992. The quantitative estimate of drug-likeness (QED) is 0.165. The number of aromatic nitrogens is 4. The molecule has 0 saturated carbocycles. The Morgan fingerprint density at radius 1 is 0.625 bits per heavy atom. The Hall–Kier alpha value is -4.96. The number of fused-ring (bicyclic) bond motifs is 2. The van der Waals surface area contributed by atoms with Crippen LogP contribution in [0.4, 0.5) is 9.59 Å². The molecule has 0 radical (unpaired) electrons. The Bertz CT molecular complexity index is 1790. The van der Waals surface area contributed by atoms with E-state index in [9.17, 15) is 9.59 Å². The Labute approximate surface area is 283 Å². The molecule has 2 amide bonds. The number of carbonyl (C=O) groups is 2. The highest BCUT2D eigenvalue weighted by atomic mass is 16.6. The zero-order valence-corrected chi connectivity index (χ0v) is 30.1. The average molecular weight is 653 g/mol. The van der Waals surface area contributed by atoms with Gasteiger partial charge in [-0.1, -0.05) is 53.4 Å². The second kappa shape index (κ2) is 13.3. The van der Waals surface area contributed by atoms with E-state index >= 15 is 0 Å². The molecule has 2 atom stereocenters. The van der Waals surface area contributed by atoms with Crippen molar-refractivity contribution < 1.29 is 19.1 Å². The number of rotatable bonds is 4. The van der Waals surface area contributed by atoms with Gasteiger partial charge in [-0.3, -0.25) is 0 Å². The molecule has 4 aromatic rings. The number of hydrogen-bond acceptors (Lipinski definition) is 6. The number of imidazole rings is 2. The van der Waals surface area contributed by atoms with E-state index in [1.54, 1.807) is 0 Å². The van der Waals surface area contributed by atoms with Crippen molar-refractivity contribution in [1.29, 1.82) is 0 Å². The van der Waals surface area contributed by atoms with Crippen LogP contribution in [0.3, 0.4) is 0 Å². The number of nitrogens with zero attached hydrogens (tertiary/aromatic N) is 2. The fourth-order valence-corrected chi connectivity index (χ4v) is 4.94. The average Bonchev–Trinajstić information content (AvgIpc) is 3.52. The lowest BCUT2D eigenvalue weighted by Crippen LogP contribution is -2.40. The van der Waals surface area contributed by atoms with Gasteiger partial charge in [0.25, 0.3) is 0 Å². The number of benzene rings is 2. The molecule has 10 heteroatoms. The number of H-pyrrole nitrogens is 2. The Kier molecular flexibility index (Phi) is 9.92. The number of nitrogens with one attached hydrogen (secondary N) is 4. The van der Waals surface area contributed by atoms with Crippen LogP contribution < -0.4 is 10.6 Å². The van der Waals surface area contributed by atoms with Crippen LogP contribution in [0.25, 0.3) is 22.1 Å². The summed E-state index contributed by atoms with van der Waals surface area (Å²) in [4.78, 5) is 41.4. The fraction of sp³-hybridized carbons (Fsp3) is 0.474. The third-order valence-electron chi connectivity index (χ3n) is 7.08. The number of aromatic amines is 2. The zero-order valence-electron chi connectivity index (χ0n) is 30.1. The van der Waals surface area contributed by atoms with E-state index < -0.39 is 35.5 Å². The summed E-state index contributed by atoms with van der Waals surface area (Å²) in [7, 11) is 0. The fourth-order valence-electron chi connectivity index (χ4n) is 4.94. The Morgan fingerprint density at radius 3 is 1.29 bits per heavy atom. The van der Waals surface area contributed by atoms with Gasteiger partial charge >= 0.3 is 12.2 Å². The first kappa shape index (κ1) is 35.9. The molecule has 0 fully saturated rings. The summed E-state index contributed by atoms with van der Waals surface area (Å²) in [5.41, 5.74) is 2.84. The lowest BCUT2D eigenvalue weighted by Gasteiger charge is -2.31. The lowest BCUT2D eigenvalue weighted by atomic mass is 9.86. The van der Waals surface area contributed by atoms with E-state index in [0.717, 1.165) is 33.2 Å². The molecule has 2 aromatic heterocycles. The molecular formula is C38H48N6O4. The van der Waals surface area contributed by atoms with Crippen LogP contribution in [-0.2, 0) is 9.47 Å². The number of alkyl carbamates (subject to hydrolysis) is 2. The van der Waals surface area contributed by atoms with Crippen molar-refractivity contribution in [1.82, 2.24) is 30.6 Å². The van der Waals surface area contributed by atoms with Crippen molar-refractivity contribution in [3.05, 3.63) is 59.2 Å². The summed E-state index contributed by atoms with van der Waals surface area (Å²) in [6.45, 7) is 23.2. The van der Waals surface area contributed by atoms with Crippen molar-refractivity contribution in [3.63, 3.8) is 0 Å². The van der Waals surface area contributed by atoms with Crippen LogP contribution in [0.5, 0.6) is 0 Å². The predicted octanol–water partition coefficient (Wildman–Crippen LogP) is 8.07. The molecule has 0 saturated heterocycles. The maximum atomic E-state index is 12.6. The predicted molar refractivity (Wildman–Crippen MR) is 189 cm³/mol. The van der Waals surface area contributed by atoms with Gasteiger partial charge in [-0.15, -0.1) is 0 Å². The van der Waals surface area contributed by atoms with Gasteiger partial charge in [0.2, 0.25) is 0 Å². The first-order valence-electron chi connectivity index (χ1n) is 16.1. The minimum Gasteiger partial charge on any atom is -0.444 e. The standard InChI is InChI=1S/C38H48N6O4/c1-35(2,3)29(43-33(45)47-37(7,8)9)31-39-25-19-17-23(21-27(25)41-31)15-13-14-16-24-18-20-26-28(22-24)42-32(40-26)30(36(4,5)6)44-34(46)48-38(10,11)12/h17-22,29-30H,1-12H3,(H,39,41)(H,40,42)(H,43,45)(H,44,46)/t29-,30?/m1/s1. The van der Waals surface area contributed by atoms with Gasteiger partial charge in [-0.25, -0.2) is 19.6 Å². The molecule has 0 bridgehead atoms. The molecule has 1 unspecified atom stereocenters. The van der Waals surface area contributed by atoms with E-state index in [4.69, 9.17) is 19.4 Å². The zero-order chi connectivity index (χ0) is 35.7. The lowest BCUT2D eigenvalue weighted by molar-refractivity contribution is 0.0448. The molecular weight excluding hydrogens is 604 g/mol. The smallest absolute Gasteiger partial charge is 0.408 e.